The van der Waals surface area contributed by atoms with Crippen molar-refractivity contribution in [2.24, 2.45) is 22.7 Å². The Labute approximate surface area is 435 Å². The van der Waals surface area contributed by atoms with Gasteiger partial charge in [0.1, 0.15) is 11.2 Å². The Morgan fingerprint density at radius 1 is 0.534 bits per heavy atom. The van der Waals surface area contributed by atoms with Crippen molar-refractivity contribution in [3.8, 4) is 0 Å². The van der Waals surface area contributed by atoms with E-state index in [0.717, 1.165) is 79.3 Å². The molecule has 2 aromatic rings. The van der Waals surface area contributed by atoms with Gasteiger partial charge in [0.2, 0.25) is 0 Å². The SMILES string of the molecule is CC(C)(C)C1CCNCC1.Cc1ccc(CN2CCN(C(=O)OC(C)(C)C)CC2)c(C(=O)N2CCC(C(C)(C)C)CC2)c1.Cc1ccc(CN2CCN(C(=O)OC(C)(C)C)CC2)c(C(=O)O)c1.O=C=O.O=C=O. The summed E-state index contributed by atoms with van der Waals surface area (Å²) in [7, 11) is 0. The second-order valence-corrected chi connectivity index (χ2v) is 23.6. The summed E-state index contributed by atoms with van der Waals surface area (Å²) in [6.07, 6.45) is 4.84. The van der Waals surface area contributed by atoms with Gasteiger partial charge in [-0.1, -0.05) is 76.9 Å². The molecule has 73 heavy (non-hydrogen) atoms. The number of rotatable bonds is 6. The lowest BCUT2D eigenvalue weighted by Crippen LogP contribution is -2.49. The van der Waals surface area contributed by atoms with Crippen LogP contribution in [0.1, 0.15) is 152 Å². The summed E-state index contributed by atoms with van der Waals surface area (Å²) in [6.45, 7) is 40.0. The molecule has 0 unspecified atom stereocenters. The van der Waals surface area contributed by atoms with E-state index in [-0.39, 0.29) is 30.4 Å². The molecule has 4 aliphatic heterocycles. The minimum absolute atomic E-state index is 0.161. The Bertz CT molecular complexity index is 2120. The summed E-state index contributed by atoms with van der Waals surface area (Å²) in [5.41, 5.74) is 4.97. The van der Waals surface area contributed by atoms with Crippen molar-refractivity contribution in [2.75, 3.05) is 78.5 Å². The van der Waals surface area contributed by atoms with Crippen LogP contribution in [0, 0.1) is 36.5 Å². The summed E-state index contributed by atoms with van der Waals surface area (Å²) in [5, 5.41) is 12.7. The van der Waals surface area contributed by atoms with Crippen molar-refractivity contribution in [3.05, 3.63) is 69.8 Å². The second-order valence-electron chi connectivity index (χ2n) is 23.6. The van der Waals surface area contributed by atoms with E-state index in [9.17, 15) is 24.3 Å². The molecule has 0 bridgehead atoms. The minimum Gasteiger partial charge on any atom is -0.478 e. The van der Waals surface area contributed by atoms with Gasteiger partial charge in [-0.3, -0.25) is 14.6 Å². The molecular weight excluding hydrogens is 933 g/mol. The Morgan fingerprint density at radius 2 is 0.877 bits per heavy atom. The fourth-order valence-corrected chi connectivity index (χ4v) is 9.17. The molecule has 4 aliphatic rings. The van der Waals surface area contributed by atoms with E-state index in [0.29, 0.717) is 68.1 Å². The van der Waals surface area contributed by atoms with Gasteiger partial charge in [0.25, 0.3) is 5.91 Å². The molecule has 2 N–H and O–H groups in total. The van der Waals surface area contributed by atoms with Crippen LogP contribution in [0.25, 0.3) is 0 Å². The maximum atomic E-state index is 13.5. The standard InChI is InChI=1S/C27H43N3O3.C18H26N2O4.C9H19N.2CO2/c1-20-8-9-21(19-28-14-16-30(17-15-28)25(32)33-27(5,6)7)23(18-20)24(31)29-12-10-22(11-13-29)26(2,3)4;1-13-5-6-14(15(11-13)16(21)22)12-19-7-9-20(10-8-19)17(23)24-18(2,3)4;1-9(2,3)8-4-6-10-7-5-8;2*2-1-3/h8-9,18,22H,10-17,19H2,1-7H3;5-6,11H,7-10,12H2,1-4H3,(H,21,22);8,10H,4-7H2,1-3H3;;. The highest BCUT2D eigenvalue weighted by Crippen LogP contribution is 2.35. The highest BCUT2D eigenvalue weighted by Gasteiger charge is 2.33. The van der Waals surface area contributed by atoms with Crippen LogP contribution < -0.4 is 5.32 Å². The number of ether oxygens (including phenoxy) is 2. The largest absolute Gasteiger partial charge is 0.478 e. The molecule has 0 saturated carbocycles. The third-order valence-electron chi connectivity index (χ3n) is 13.4. The van der Waals surface area contributed by atoms with Gasteiger partial charge in [-0.05, 0) is 140 Å². The van der Waals surface area contributed by atoms with E-state index in [1.54, 1.807) is 15.9 Å². The first kappa shape index (κ1) is 63.7. The van der Waals surface area contributed by atoms with Crippen LogP contribution in [0.5, 0.6) is 0 Å². The number of amides is 3. The Hall–Kier alpha value is -5.44. The lowest BCUT2D eigenvalue weighted by atomic mass is 9.75. The van der Waals surface area contributed by atoms with E-state index in [1.807, 2.05) is 78.5 Å². The summed E-state index contributed by atoms with van der Waals surface area (Å²) in [6, 6.07) is 11.7. The molecule has 2 aromatic carbocycles. The number of benzene rings is 2. The number of nitrogens with zero attached hydrogens (tertiary/aromatic N) is 5. The van der Waals surface area contributed by atoms with Gasteiger partial charge in [-0.2, -0.15) is 19.2 Å². The number of carbonyl (C=O) groups excluding carboxylic acids is 7. The van der Waals surface area contributed by atoms with Gasteiger partial charge in [0, 0.05) is 84.1 Å². The first-order chi connectivity index (χ1) is 33.9. The number of likely N-dealkylation sites (tertiary alicyclic amines) is 1. The Morgan fingerprint density at radius 3 is 1.21 bits per heavy atom. The van der Waals surface area contributed by atoms with Crippen LogP contribution in [0.4, 0.5) is 9.59 Å². The third kappa shape index (κ3) is 23.5. The van der Waals surface area contributed by atoms with Crippen molar-refractivity contribution < 1.29 is 52.9 Å². The molecular formula is C56H88N6O11. The monoisotopic (exact) mass is 1020 g/mol. The molecule has 0 radical (unpaired) electrons. The zero-order valence-electron chi connectivity index (χ0n) is 46.6. The second kappa shape index (κ2) is 29.5. The molecule has 17 heteroatoms. The number of hydrogen-bond donors (Lipinski definition) is 2. The molecule has 4 fully saturated rings. The molecule has 4 saturated heterocycles. The number of carbonyl (C=O) groups is 4. The first-order valence-corrected chi connectivity index (χ1v) is 25.7. The quantitative estimate of drug-likeness (QED) is 0.279. The summed E-state index contributed by atoms with van der Waals surface area (Å²) in [5.74, 6) is 0.864. The fraction of sp³-hybridized carbons (Fsp3) is 0.679. The number of hydrogen-bond acceptors (Lipinski definition) is 13. The maximum Gasteiger partial charge on any atom is 0.410 e. The zero-order chi connectivity index (χ0) is 55.3. The molecule has 0 aromatic heterocycles. The summed E-state index contributed by atoms with van der Waals surface area (Å²) >= 11 is 0. The van der Waals surface area contributed by atoms with Gasteiger partial charge < -0.3 is 34.6 Å². The molecule has 0 aliphatic carbocycles. The van der Waals surface area contributed by atoms with Crippen molar-refractivity contribution in [2.45, 2.75) is 147 Å². The number of aromatic carboxylic acids is 1. The van der Waals surface area contributed by atoms with Gasteiger partial charge in [0.05, 0.1) is 5.56 Å². The van der Waals surface area contributed by atoms with Crippen LogP contribution in [-0.2, 0) is 41.7 Å². The van der Waals surface area contributed by atoms with Crippen LogP contribution >= 0.6 is 0 Å². The van der Waals surface area contributed by atoms with Crippen molar-refractivity contribution in [1.82, 2.24) is 29.8 Å². The number of carboxylic acid groups (broad SMARTS) is 1. The summed E-state index contributed by atoms with van der Waals surface area (Å²) in [4.78, 5) is 91.8. The van der Waals surface area contributed by atoms with Crippen molar-refractivity contribution >= 4 is 36.4 Å². The van der Waals surface area contributed by atoms with Crippen LogP contribution in [-0.4, -0.2) is 156 Å². The Balaban J connectivity index is 0.000000395. The molecule has 3 amide bonds. The maximum absolute atomic E-state index is 13.5. The van der Waals surface area contributed by atoms with Crippen LogP contribution in [0.2, 0.25) is 0 Å². The predicted octanol–water partition coefficient (Wildman–Crippen LogP) is 8.56. The van der Waals surface area contributed by atoms with Gasteiger partial charge in [-0.25, -0.2) is 14.4 Å². The molecule has 0 atom stereocenters. The average Bonchev–Trinajstić information content (AvgIpc) is 3.30. The van der Waals surface area contributed by atoms with Crippen molar-refractivity contribution in [1.29, 1.82) is 0 Å². The highest BCUT2D eigenvalue weighted by atomic mass is 16.6. The van der Waals surface area contributed by atoms with Crippen LogP contribution in [0.3, 0.4) is 0 Å². The van der Waals surface area contributed by atoms with E-state index in [4.69, 9.17) is 28.7 Å². The number of piperazine rings is 2. The number of carboxylic acids is 1. The lowest BCUT2D eigenvalue weighted by molar-refractivity contribution is -0.193. The predicted molar refractivity (Wildman–Crippen MR) is 279 cm³/mol. The van der Waals surface area contributed by atoms with Gasteiger partial charge in [-0.15, -0.1) is 0 Å². The fourth-order valence-electron chi connectivity index (χ4n) is 9.17. The Kier molecular flexibility index (Phi) is 25.7. The van der Waals surface area contributed by atoms with E-state index >= 15 is 0 Å². The lowest BCUT2D eigenvalue weighted by Gasteiger charge is -2.39. The molecule has 408 valence electrons. The van der Waals surface area contributed by atoms with Gasteiger partial charge in [0.15, 0.2) is 0 Å². The smallest absolute Gasteiger partial charge is 0.410 e. The molecule has 0 spiro atoms. The third-order valence-corrected chi connectivity index (χ3v) is 13.4. The van der Waals surface area contributed by atoms with Crippen molar-refractivity contribution in [3.63, 3.8) is 0 Å². The zero-order valence-corrected chi connectivity index (χ0v) is 46.6. The topological polar surface area (TPSA) is 203 Å². The number of aryl methyl sites for hydroxylation is 2. The van der Waals surface area contributed by atoms with E-state index < -0.39 is 17.2 Å². The van der Waals surface area contributed by atoms with E-state index in [1.165, 1.54) is 25.9 Å². The number of nitrogens with one attached hydrogen (secondary N) is 1. The molecule has 4 heterocycles. The average molecular weight is 1020 g/mol. The molecule has 17 nitrogen and oxygen atoms in total. The molecule has 6 rings (SSSR count). The first-order valence-electron chi connectivity index (χ1n) is 25.7. The minimum atomic E-state index is -0.902. The highest BCUT2D eigenvalue weighted by molar-refractivity contribution is 5.96. The van der Waals surface area contributed by atoms with Gasteiger partial charge >= 0.3 is 30.5 Å². The normalized spacial score (nSPS) is 17.3. The van der Waals surface area contributed by atoms with E-state index in [2.05, 4.69) is 68.8 Å². The van der Waals surface area contributed by atoms with Crippen LogP contribution in [0.15, 0.2) is 36.4 Å². The number of piperidine rings is 2. The summed E-state index contributed by atoms with van der Waals surface area (Å²) < 4.78 is 10.9.